The van der Waals surface area contributed by atoms with E-state index in [1.807, 2.05) is 52.0 Å². The Labute approximate surface area is 358 Å². The molecule has 0 aromatic heterocycles. The van der Waals surface area contributed by atoms with Crippen molar-refractivity contribution in [3.05, 3.63) is 71.5 Å². The lowest BCUT2D eigenvalue weighted by Gasteiger charge is -2.31. The first-order valence-corrected chi connectivity index (χ1v) is 24.4. The molecule has 0 amide bonds. The number of benzene rings is 2. The van der Waals surface area contributed by atoms with Gasteiger partial charge in [-0.05, 0) is 123 Å². The predicted octanol–water partition coefficient (Wildman–Crippen LogP) is 8.42. The first-order chi connectivity index (χ1) is 28.3. The van der Waals surface area contributed by atoms with Crippen molar-refractivity contribution in [1.29, 1.82) is 0 Å². The molecule has 0 saturated heterocycles. The topological polar surface area (TPSA) is 180 Å². The quantitative estimate of drug-likeness (QED) is 0.0376. The van der Waals surface area contributed by atoms with Crippen LogP contribution in [0.1, 0.15) is 124 Å². The van der Waals surface area contributed by atoms with Gasteiger partial charge in [-0.15, -0.1) is 0 Å². The molecule has 15 heteroatoms. The van der Waals surface area contributed by atoms with Crippen molar-refractivity contribution in [1.82, 2.24) is 0 Å². The Morgan fingerprint density at radius 2 is 1.50 bits per heavy atom. The SMILES string of the molecule is CCOC(=O)CCCCCC1(C)C(/C=C/C=C2/N(CCC(C)OCC)c3ccc(S(=O)(=O)O)cc3C2(C)CCCCS(=O)(=O)O)=[N+](CCC(C)OCC)c2ccc(O)cc21. The van der Waals surface area contributed by atoms with E-state index < -0.39 is 36.8 Å². The number of carbonyl (C=O) groups excluding carboxylic acids is 1. The van der Waals surface area contributed by atoms with E-state index >= 15 is 0 Å². The van der Waals surface area contributed by atoms with E-state index in [2.05, 4.69) is 29.4 Å². The fraction of sp³-hybridized carbons (Fsp3) is 0.600. The highest BCUT2D eigenvalue weighted by molar-refractivity contribution is 7.86. The van der Waals surface area contributed by atoms with Crippen molar-refractivity contribution in [2.24, 2.45) is 0 Å². The summed E-state index contributed by atoms with van der Waals surface area (Å²) in [4.78, 5) is 14.0. The zero-order valence-corrected chi connectivity index (χ0v) is 38.1. The number of unbranched alkanes of at least 4 members (excludes halogenated alkanes) is 3. The Balaban J connectivity index is 1.86. The number of nitrogens with zero attached hydrogens (tertiary/aromatic N) is 2. The summed E-state index contributed by atoms with van der Waals surface area (Å²) >= 11 is 0. The van der Waals surface area contributed by atoms with Crippen molar-refractivity contribution >= 4 is 43.3 Å². The highest BCUT2D eigenvalue weighted by Crippen LogP contribution is 2.52. The van der Waals surface area contributed by atoms with Crippen LogP contribution in [0, 0.1) is 0 Å². The van der Waals surface area contributed by atoms with E-state index in [1.54, 1.807) is 19.1 Å². The number of phenolic OH excluding ortho intramolecular Hbond substituents is 1. The van der Waals surface area contributed by atoms with Crippen molar-refractivity contribution in [2.75, 3.05) is 43.6 Å². The van der Waals surface area contributed by atoms with E-state index in [0.29, 0.717) is 70.6 Å². The van der Waals surface area contributed by atoms with Gasteiger partial charge in [0.25, 0.3) is 20.2 Å². The van der Waals surface area contributed by atoms with Crippen LogP contribution < -0.4 is 4.90 Å². The molecule has 0 bridgehead atoms. The second-order valence-electron chi connectivity index (χ2n) is 16.3. The number of hydrogen-bond acceptors (Lipinski definition) is 10. The molecule has 13 nitrogen and oxygen atoms in total. The molecule has 0 saturated carbocycles. The molecule has 2 aliphatic heterocycles. The molecule has 0 spiro atoms. The maximum Gasteiger partial charge on any atom is 0.305 e. The maximum atomic E-state index is 12.4. The van der Waals surface area contributed by atoms with Gasteiger partial charge in [0, 0.05) is 67.1 Å². The summed E-state index contributed by atoms with van der Waals surface area (Å²) in [6.07, 6.45) is 12.0. The summed E-state index contributed by atoms with van der Waals surface area (Å²) in [6.45, 7) is 16.7. The second kappa shape index (κ2) is 21.5. The standard InChI is InChI=1S/C45H66N2O11S2/c1-8-56-33(4)24-28-46-39-22-20-35(48)31-37(39)44(6,26-13-11-12-19-43(49)58-10-3)41(46)17-16-18-42-45(7,27-14-15-30-59(50,51)52)38-32-36(60(53,54)55)21-23-40(38)47(42)29-25-34(5)57-9-2/h16-18,20-23,31-34H,8-15,19,24-30H2,1-7H3,(H2-,48,50,51,52,53,54,55)/p+1. The fourth-order valence-corrected chi connectivity index (χ4v) is 9.83. The first kappa shape index (κ1) is 49.1. The van der Waals surface area contributed by atoms with Crippen LogP contribution in [-0.2, 0) is 50.1 Å². The molecule has 0 aliphatic carbocycles. The number of ether oxygens (including phenoxy) is 3. The van der Waals surface area contributed by atoms with Gasteiger partial charge < -0.3 is 24.2 Å². The molecule has 60 heavy (non-hydrogen) atoms. The third kappa shape index (κ3) is 12.5. The van der Waals surface area contributed by atoms with Crippen LogP contribution in [0.15, 0.2) is 65.2 Å². The molecule has 2 aromatic rings. The molecule has 4 atom stereocenters. The van der Waals surface area contributed by atoms with E-state index in [1.165, 1.54) is 12.1 Å². The average Bonchev–Trinajstić information content (AvgIpc) is 3.54. The monoisotopic (exact) mass is 875 g/mol. The molecule has 0 fully saturated rings. The van der Waals surface area contributed by atoms with E-state index in [9.17, 15) is 35.8 Å². The molecule has 4 unspecified atom stereocenters. The first-order valence-electron chi connectivity index (χ1n) is 21.4. The largest absolute Gasteiger partial charge is 0.508 e. The zero-order valence-electron chi connectivity index (χ0n) is 36.5. The Hall–Kier alpha value is -3.60. The third-order valence-electron chi connectivity index (χ3n) is 11.8. The lowest BCUT2D eigenvalue weighted by atomic mass is 9.75. The van der Waals surface area contributed by atoms with Crippen molar-refractivity contribution < 1.29 is 54.6 Å². The van der Waals surface area contributed by atoms with Gasteiger partial charge in [-0.25, -0.2) is 0 Å². The van der Waals surface area contributed by atoms with E-state index in [-0.39, 0.29) is 35.2 Å². The molecule has 3 N–H and O–H groups in total. The fourth-order valence-electron chi connectivity index (χ4n) is 8.75. The van der Waals surface area contributed by atoms with Crippen molar-refractivity contribution in [3.8, 4) is 5.75 Å². The maximum absolute atomic E-state index is 12.4. The highest BCUT2D eigenvalue weighted by atomic mass is 32.2. The molecule has 2 heterocycles. The number of aromatic hydroxyl groups is 1. The summed E-state index contributed by atoms with van der Waals surface area (Å²) in [5, 5.41) is 10.8. The van der Waals surface area contributed by atoms with Gasteiger partial charge in [-0.1, -0.05) is 25.3 Å². The summed E-state index contributed by atoms with van der Waals surface area (Å²) in [7, 11) is -8.72. The summed E-state index contributed by atoms with van der Waals surface area (Å²) in [5.74, 6) is -0.428. The van der Waals surface area contributed by atoms with Gasteiger partial charge in [0.1, 0.15) is 5.75 Å². The molecular weight excluding hydrogens is 809 g/mol. The van der Waals surface area contributed by atoms with Gasteiger partial charge >= 0.3 is 5.97 Å². The van der Waals surface area contributed by atoms with E-state index in [0.717, 1.165) is 54.0 Å². The number of fused-ring (bicyclic) bond motifs is 2. The summed E-state index contributed by atoms with van der Waals surface area (Å²) in [5.41, 5.74) is 4.02. The number of hydrogen-bond donors (Lipinski definition) is 3. The van der Waals surface area contributed by atoms with Crippen LogP contribution in [0.2, 0.25) is 0 Å². The van der Waals surface area contributed by atoms with Crippen LogP contribution in [0.3, 0.4) is 0 Å². The predicted molar refractivity (Wildman–Crippen MR) is 235 cm³/mol. The lowest BCUT2D eigenvalue weighted by Crippen LogP contribution is -2.32. The number of allylic oxidation sites excluding steroid dienone is 4. The van der Waals surface area contributed by atoms with Crippen molar-refractivity contribution in [3.63, 3.8) is 0 Å². The zero-order chi connectivity index (χ0) is 44.3. The summed E-state index contributed by atoms with van der Waals surface area (Å²) < 4.78 is 87.1. The smallest absolute Gasteiger partial charge is 0.305 e. The van der Waals surface area contributed by atoms with Crippen LogP contribution in [0.25, 0.3) is 0 Å². The van der Waals surface area contributed by atoms with Crippen LogP contribution >= 0.6 is 0 Å². The van der Waals surface area contributed by atoms with Gasteiger partial charge in [-0.3, -0.25) is 13.9 Å². The normalized spacial score (nSPS) is 20.9. The summed E-state index contributed by atoms with van der Waals surface area (Å²) in [6, 6.07) is 10.1. The van der Waals surface area contributed by atoms with Crippen molar-refractivity contribution in [2.45, 2.75) is 141 Å². The minimum atomic E-state index is -4.54. The number of carbonyl (C=O) groups is 1. The van der Waals surface area contributed by atoms with Gasteiger partial charge in [0.15, 0.2) is 12.3 Å². The number of phenols is 1. The Morgan fingerprint density at radius 1 is 0.833 bits per heavy atom. The number of rotatable bonds is 25. The Morgan fingerprint density at radius 3 is 2.15 bits per heavy atom. The van der Waals surface area contributed by atoms with Gasteiger partial charge in [-0.2, -0.15) is 21.4 Å². The van der Waals surface area contributed by atoms with E-state index in [4.69, 9.17) is 14.2 Å². The molecule has 2 aliphatic rings. The van der Waals surface area contributed by atoms with Crippen LogP contribution in [0.5, 0.6) is 5.75 Å². The average molecular weight is 876 g/mol. The Kier molecular flexibility index (Phi) is 17.5. The number of esters is 1. The number of anilines is 1. The second-order valence-corrected chi connectivity index (χ2v) is 19.3. The highest BCUT2D eigenvalue weighted by Gasteiger charge is 2.48. The minimum absolute atomic E-state index is 0.0106. The van der Waals surface area contributed by atoms with Gasteiger partial charge in [0.05, 0.1) is 34.9 Å². The molecule has 2 aromatic carbocycles. The molecular formula is C45H67N2O11S2+. The Bertz CT molecular complexity index is 2120. The molecule has 0 radical (unpaired) electrons. The van der Waals surface area contributed by atoms with Crippen LogP contribution in [0.4, 0.5) is 11.4 Å². The van der Waals surface area contributed by atoms with Gasteiger partial charge in [0.2, 0.25) is 5.69 Å². The lowest BCUT2D eigenvalue weighted by molar-refractivity contribution is -0.440. The molecule has 4 rings (SSSR count). The van der Waals surface area contributed by atoms with Crippen LogP contribution in [-0.4, -0.2) is 98.2 Å². The minimum Gasteiger partial charge on any atom is -0.508 e. The molecule has 334 valence electrons. The third-order valence-corrected chi connectivity index (χ3v) is 13.5.